The van der Waals surface area contributed by atoms with Crippen molar-refractivity contribution in [2.75, 3.05) is 25.0 Å². The number of aliphatic hydroxyl groups is 1. The zero-order valence-electron chi connectivity index (χ0n) is 11.9. The molecule has 1 aliphatic rings. The molecule has 1 aromatic carbocycles. The molecule has 1 saturated heterocycles. The summed E-state index contributed by atoms with van der Waals surface area (Å²) in [6.07, 6.45) is 5.01. The van der Waals surface area contributed by atoms with Crippen LogP contribution in [0.1, 0.15) is 38.2 Å². The Morgan fingerprint density at radius 3 is 2.68 bits per heavy atom. The molecule has 3 heteroatoms. The molecule has 1 aliphatic heterocycles. The highest BCUT2D eigenvalue weighted by Crippen LogP contribution is 2.17. The molecule has 0 amide bonds. The number of anilines is 1. The van der Waals surface area contributed by atoms with Crippen molar-refractivity contribution in [2.24, 2.45) is 0 Å². The van der Waals surface area contributed by atoms with Crippen LogP contribution in [0.3, 0.4) is 0 Å². The van der Waals surface area contributed by atoms with Gasteiger partial charge >= 0.3 is 0 Å². The highest BCUT2D eigenvalue weighted by Gasteiger charge is 2.16. The van der Waals surface area contributed by atoms with Crippen LogP contribution in [0.2, 0.25) is 0 Å². The molecular weight excluding hydrogens is 236 g/mol. The van der Waals surface area contributed by atoms with Gasteiger partial charge in [0.15, 0.2) is 0 Å². The maximum atomic E-state index is 9.04. The topological polar surface area (TPSA) is 35.5 Å². The van der Waals surface area contributed by atoms with Crippen molar-refractivity contribution in [1.29, 1.82) is 0 Å². The first-order valence-corrected chi connectivity index (χ1v) is 7.50. The molecule has 0 aromatic heterocycles. The number of aliphatic hydroxyl groups excluding tert-OH is 1. The molecule has 1 heterocycles. The average Bonchev–Trinajstić information content (AvgIpc) is 2.66. The quantitative estimate of drug-likeness (QED) is 0.856. The standard InChI is InChI=1S/C16H26N2O/c1-2-10-18-11-3-4-15(9-12-18)17-16-7-5-14(13-19)6-8-16/h5-8,15,17,19H,2-4,9-13H2,1H3. The van der Waals surface area contributed by atoms with E-state index in [1.807, 2.05) is 12.1 Å². The van der Waals surface area contributed by atoms with Gasteiger partial charge in [-0.1, -0.05) is 19.1 Å². The van der Waals surface area contributed by atoms with Gasteiger partial charge in [0.1, 0.15) is 0 Å². The Morgan fingerprint density at radius 2 is 2.00 bits per heavy atom. The van der Waals surface area contributed by atoms with Crippen LogP contribution in [0.4, 0.5) is 5.69 Å². The molecule has 0 radical (unpaired) electrons. The van der Waals surface area contributed by atoms with Crippen LogP contribution in [-0.2, 0) is 6.61 Å². The maximum Gasteiger partial charge on any atom is 0.0681 e. The second-order valence-corrected chi connectivity index (χ2v) is 5.47. The molecule has 2 N–H and O–H groups in total. The average molecular weight is 262 g/mol. The van der Waals surface area contributed by atoms with E-state index in [4.69, 9.17) is 5.11 Å². The van der Waals surface area contributed by atoms with Gasteiger partial charge in [-0.05, 0) is 56.5 Å². The Morgan fingerprint density at radius 1 is 1.21 bits per heavy atom. The molecule has 0 spiro atoms. The predicted octanol–water partition coefficient (Wildman–Crippen LogP) is 2.86. The number of benzene rings is 1. The van der Waals surface area contributed by atoms with Crippen LogP contribution in [0.25, 0.3) is 0 Å². The van der Waals surface area contributed by atoms with Crippen molar-refractivity contribution >= 4 is 5.69 Å². The Balaban J connectivity index is 1.84. The maximum absolute atomic E-state index is 9.04. The van der Waals surface area contributed by atoms with Crippen molar-refractivity contribution < 1.29 is 5.11 Å². The Hall–Kier alpha value is -1.06. The van der Waals surface area contributed by atoms with Gasteiger partial charge in [0.2, 0.25) is 0 Å². The molecule has 3 nitrogen and oxygen atoms in total. The third-order valence-corrected chi connectivity index (χ3v) is 3.87. The summed E-state index contributed by atoms with van der Waals surface area (Å²) in [6.45, 7) is 6.06. The molecule has 0 saturated carbocycles. The van der Waals surface area contributed by atoms with Crippen LogP contribution in [0, 0.1) is 0 Å². The minimum absolute atomic E-state index is 0.121. The van der Waals surface area contributed by atoms with Crippen LogP contribution >= 0.6 is 0 Å². The molecule has 1 unspecified atom stereocenters. The number of likely N-dealkylation sites (tertiary alicyclic amines) is 1. The van der Waals surface area contributed by atoms with Gasteiger partial charge in [0, 0.05) is 18.3 Å². The Labute approximate surface area is 116 Å². The Kier molecular flexibility index (Phi) is 5.67. The van der Waals surface area contributed by atoms with Crippen LogP contribution in [-0.4, -0.2) is 35.7 Å². The second kappa shape index (κ2) is 7.51. The van der Waals surface area contributed by atoms with Crippen LogP contribution in [0.15, 0.2) is 24.3 Å². The van der Waals surface area contributed by atoms with Crippen molar-refractivity contribution in [3.63, 3.8) is 0 Å². The van der Waals surface area contributed by atoms with E-state index in [0.717, 1.165) is 5.56 Å². The molecule has 106 valence electrons. The van der Waals surface area contributed by atoms with Gasteiger partial charge < -0.3 is 15.3 Å². The second-order valence-electron chi connectivity index (χ2n) is 5.47. The lowest BCUT2D eigenvalue weighted by Gasteiger charge is -2.20. The van der Waals surface area contributed by atoms with Gasteiger partial charge in [0.05, 0.1) is 6.61 Å². The fourth-order valence-corrected chi connectivity index (χ4v) is 2.78. The van der Waals surface area contributed by atoms with Crippen molar-refractivity contribution in [3.8, 4) is 0 Å². The fraction of sp³-hybridized carbons (Fsp3) is 0.625. The number of rotatable bonds is 5. The number of nitrogens with zero attached hydrogens (tertiary/aromatic N) is 1. The van der Waals surface area contributed by atoms with E-state index < -0.39 is 0 Å². The van der Waals surface area contributed by atoms with Gasteiger partial charge in [0.25, 0.3) is 0 Å². The number of hydrogen-bond donors (Lipinski definition) is 2. The lowest BCUT2D eigenvalue weighted by atomic mass is 10.1. The summed E-state index contributed by atoms with van der Waals surface area (Å²) in [5.41, 5.74) is 2.15. The molecule has 1 atom stereocenters. The van der Waals surface area contributed by atoms with Gasteiger partial charge in [-0.3, -0.25) is 0 Å². The minimum Gasteiger partial charge on any atom is -0.392 e. The van der Waals surface area contributed by atoms with Crippen molar-refractivity contribution in [1.82, 2.24) is 4.90 Å². The van der Waals surface area contributed by atoms with E-state index in [9.17, 15) is 0 Å². The zero-order chi connectivity index (χ0) is 13.5. The molecule has 1 aromatic rings. The lowest BCUT2D eigenvalue weighted by Crippen LogP contribution is -2.27. The lowest BCUT2D eigenvalue weighted by molar-refractivity contribution is 0.282. The van der Waals surface area contributed by atoms with Crippen molar-refractivity contribution in [3.05, 3.63) is 29.8 Å². The van der Waals surface area contributed by atoms with Crippen LogP contribution < -0.4 is 5.32 Å². The molecule has 19 heavy (non-hydrogen) atoms. The molecule has 0 aliphatic carbocycles. The van der Waals surface area contributed by atoms with E-state index in [2.05, 4.69) is 29.3 Å². The largest absolute Gasteiger partial charge is 0.392 e. The van der Waals surface area contributed by atoms with E-state index in [1.54, 1.807) is 0 Å². The van der Waals surface area contributed by atoms with E-state index >= 15 is 0 Å². The van der Waals surface area contributed by atoms with Gasteiger partial charge in [-0.2, -0.15) is 0 Å². The summed E-state index contributed by atoms with van der Waals surface area (Å²) in [5, 5.41) is 12.7. The molecule has 1 fully saturated rings. The Bertz CT molecular complexity index is 364. The smallest absolute Gasteiger partial charge is 0.0681 e. The third kappa shape index (κ3) is 4.51. The van der Waals surface area contributed by atoms with E-state index in [1.165, 1.54) is 51.0 Å². The summed E-state index contributed by atoms with van der Waals surface area (Å²) in [4.78, 5) is 2.58. The number of nitrogens with one attached hydrogen (secondary N) is 1. The summed E-state index contributed by atoms with van der Waals surface area (Å²) in [7, 11) is 0. The normalized spacial score (nSPS) is 21.1. The minimum atomic E-state index is 0.121. The first-order valence-electron chi connectivity index (χ1n) is 7.50. The molecule has 0 bridgehead atoms. The number of hydrogen-bond acceptors (Lipinski definition) is 3. The van der Waals surface area contributed by atoms with E-state index in [-0.39, 0.29) is 6.61 Å². The first-order chi connectivity index (χ1) is 9.31. The highest BCUT2D eigenvalue weighted by atomic mass is 16.3. The zero-order valence-corrected chi connectivity index (χ0v) is 11.9. The summed E-state index contributed by atoms with van der Waals surface area (Å²) in [6, 6.07) is 8.70. The first kappa shape index (κ1) is 14.4. The van der Waals surface area contributed by atoms with E-state index in [0.29, 0.717) is 6.04 Å². The summed E-state index contributed by atoms with van der Waals surface area (Å²) >= 11 is 0. The fourth-order valence-electron chi connectivity index (χ4n) is 2.78. The van der Waals surface area contributed by atoms with Crippen LogP contribution in [0.5, 0.6) is 0 Å². The highest BCUT2D eigenvalue weighted by molar-refractivity contribution is 5.45. The predicted molar refractivity (Wildman–Crippen MR) is 80.4 cm³/mol. The molecular formula is C16H26N2O. The van der Waals surface area contributed by atoms with Gasteiger partial charge in [-0.15, -0.1) is 0 Å². The summed E-state index contributed by atoms with van der Waals surface area (Å²) < 4.78 is 0. The SMILES string of the molecule is CCCN1CCCC(Nc2ccc(CO)cc2)CC1. The monoisotopic (exact) mass is 262 g/mol. The van der Waals surface area contributed by atoms with Gasteiger partial charge in [-0.25, -0.2) is 0 Å². The summed E-state index contributed by atoms with van der Waals surface area (Å²) in [5.74, 6) is 0. The third-order valence-electron chi connectivity index (χ3n) is 3.87. The molecule has 2 rings (SSSR count). The van der Waals surface area contributed by atoms with Crippen molar-refractivity contribution in [2.45, 2.75) is 45.3 Å².